The fourth-order valence-electron chi connectivity index (χ4n) is 4.29. The van der Waals surface area contributed by atoms with E-state index in [0.717, 1.165) is 48.1 Å². The highest BCUT2D eigenvalue weighted by atomic mass is 16.5. The van der Waals surface area contributed by atoms with Crippen molar-refractivity contribution in [2.24, 2.45) is 5.92 Å². The lowest BCUT2D eigenvalue weighted by Crippen LogP contribution is -2.28. The van der Waals surface area contributed by atoms with Crippen LogP contribution in [0.1, 0.15) is 43.0 Å². The summed E-state index contributed by atoms with van der Waals surface area (Å²) >= 11 is 0. The number of aromatic nitrogens is 2. The first-order valence-corrected chi connectivity index (χ1v) is 12.1. The van der Waals surface area contributed by atoms with Crippen molar-refractivity contribution < 1.29 is 9.53 Å². The number of benzene rings is 2. The van der Waals surface area contributed by atoms with Gasteiger partial charge < -0.3 is 4.74 Å². The number of likely N-dealkylation sites (N-methyl/N-ethyl adjacent to an activating group) is 1. The lowest BCUT2D eigenvalue weighted by molar-refractivity contribution is -0.141. The second kappa shape index (κ2) is 12.2. The van der Waals surface area contributed by atoms with Gasteiger partial charge in [-0.15, -0.1) is 0 Å². The molecule has 0 aliphatic heterocycles. The molecule has 3 rings (SSSR count). The molecule has 0 saturated carbocycles. The van der Waals surface area contributed by atoms with Gasteiger partial charge in [0.05, 0.1) is 25.3 Å². The molecule has 0 spiro atoms. The zero-order valence-corrected chi connectivity index (χ0v) is 21.3. The number of rotatable bonds is 10. The third-order valence-corrected chi connectivity index (χ3v) is 6.10. The van der Waals surface area contributed by atoms with Gasteiger partial charge in [0.25, 0.3) is 0 Å². The molecule has 2 aromatic carbocycles. The van der Waals surface area contributed by atoms with E-state index in [1.165, 1.54) is 18.2 Å². The van der Waals surface area contributed by atoms with E-state index in [1.807, 2.05) is 42.5 Å². The van der Waals surface area contributed by atoms with Crippen LogP contribution >= 0.6 is 0 Å². The summed E-state index contributed by atoms with van der Waals surface area (Å²) < 4.78 is 4.76. The molecule has 0 unspecified atom stereocenters. The quantitative estimate of drug-likeness (QED) is 0.384. The Morgan fingerprint density at radius 3 is 2.49 bits per heavy atom. The van der Waals surface area contributed by atoms with Gasteiger partial charge in [0.1, 0.15) is 0 Å². The zero-order valence-electron chi connectivity index (χ0n) is 21.3. The van der Waals surface area contributed by atoms with Crippen molar-refractivity contribution in [2.45, 2.75) is 40.0 Å². The molecule has 0 aliphatic rings. The topological polar surface area (TPSA) is 79.1 Å². The maximum Gasteiger partial charge on any atom is 0.319 e. The molecule has 3 aromatic rings. The minimum atomic E-state index is -0.231. The average Bonchev–Trinajstić information content (AvgIpc) is 2.87. The number of hydrogen-bond donors (Lipinski definition) is 0. The molecule has 0 amide bonds. The van der Waals surface area contributed by atoms with Crippen LogP contribution in [-0.2, 0) is 28.8 Å². The van der Waals surface area contributed by atoms with Crippen LogP contribution in [0.15, 0.2) is 48.8 Å². The van der Waals surface area contributed by atoms with Crippen molar-refractivity contribution >= 4 is 5.97 Å². The first-order chi connectivity index (χ1) is 16.9. The van der Waals surface area contributed by atoms with Crippen LogP contribution in [0.2, 0.25) is 0 Å². The SMILES string of the molecule is CCc1c(CCN(C)CC(=O)OC)cccc1-c1cnc(-c2ccc(CC(C)C)c(C#N)c2)nc1. The van der Waals surface area contributed by atoms with Gasteiger partial charge in [-0.25, -0.2) is 9.97 Å². The Hall–Kier alpha value is -3.56. The fraction of sp³-hybridized carbons (Fsp3) is 0.379. The van der Waals surface area contributed by atoms with Gasteiger partial charge in [-0.2, -0.15) is 5.26 Å². The van der Waals surface area contributed by atoms with E-state index < -0.39 is 0 Å². The smallest absolute Gasteiger partial charge is 0.319 e. The Labute approximate surface area is 208 Å². The summed E-state index contributed by atoms with van der Waals surface area (Å²) in [5, 5.41) is 9.60. The van der Waals surface area contributed by atoms with Crippen LogP contribution in [-0.4, -0.2) is 48.1 Å². The Morgan fingerprint density at radius 2 is 1.86 bits per heavy atom. The van der Waals surface area contributed by atoms with Crippen molar-refractivity contribution in [2.75, 3.05) is 27.2 Å². The Morgan fingerprint density at radius 1 is 1.11 bits per heavy atom. The van der Waals surface area contributed by atoms with Gasteiger partial charge in [-0.05, 0) is 60.5 Å². The number of nitriles is 1. The van der Waals surface area contributed by atoms with Gasteiger partial charge in [0, 0.05) is 30.1 Å². The minimum absolute atomic E-state index is 0.231. The van der Waals surface area contributed by atoms with Crippen molar-refractivity contribution in [1.82, 2.24) is 14.9 Å². The molecule has 0 radical (unpaired) electrons. The van der Waals surface area contributed by atoms with E-state index in [0.29, 0.717) is 17.3 Å². The van der Waals surface area contributed by atoms with E-state index >= 15 is 0 Å². The standard InChI is InChI=1S/C29H34N4O2/c1-6-26-21(12-13-33(4)19-28(34)35-5)8-7-9-27(26)25-17-31-29(32-18-25)23-11-10-22(14-20(2)3)24(15-23)16-30/h7-11,15,17-18,20H,6,12-14,19H2,1-5H3. The second-order valence-corrected chi connectivity index (χ2v) is 9.24. The lowest BCUT2D eigenvalue weighted by Gasteiger charge is -2.18. The molecular formula is C29H34N4O2. The van der Waals surface area contributed by atoms with Crippen LogP contribution in [0.4, 0.5) is 0 Å². The van der Waals surface area contributed by atoms with E-state index in [1.54, 1.807) is 0 Å². The molecule has 1 aromatic heterocycles. The Bertz CT molecular complexity index is 1200. The average molecular weight is 471 g/mol. The number of carbonyl (C=O) groups is 1. The number of esters is 1. The maximum absolute atomic E-state index is 11.5. The van der Waals surface area contributed by atoms with Crippen LogP contribution < -0.4 is 0 Å². The van der Waals surface area contributed by atoms with Crippen molar-refractivity contribution in [3.63, 3.8) is 0 Å². The largest absolute Gasteiger partial charge is 0.468 e. The normalized spacial score (nSPS) is 11.0. The van der Waals surface area contributed by atoms with Crippen molar-refractivity contribution in [1.29, 1.82) is 5.26 Å². The second-order valence-electron chi connectivity index (χ2n) is 9.24. The summed E-state index contributed by atoms with van der Waals surface area (Å²) in [7, 11) is 3.33. The lowest BCUT2D eigenvalue weighted by atomic mass is 9.93. The molecule has 0 fully saturated rings. The molecule has 35 heavy (non-hydrogen) atoms. The monoisotopic (exact) mass is 470 g/mol. The Balaban J connectivity index is 1.82. The summed E-state index contributed by atoms with van der Waals surface area (Å²) in [6.45, 7) is 7.49. The van der Waals surface area contributed by atoms with Gasteiger partial charge in [0.15, 0.2) is 5.82 Å². The first kappa shape index (κ1) is 26.1. The highest BCUT2D eigenvalue weighted by Crippen LogP contribution is 2.28. The molecule has 0 saturated heterocycles. The number of ether oxygens (including phenoxy) is 1. The minimum Gasteiger partial charge on any atom is -0.468 e. The summed E-state index contributed by atoms with van der Waals surface area (Å²) in [6.07, 6.45) is 6.31. The van der Waals surface area contributed by atoms with Crippen molar-refractivity contribution in [3.8, 4) is 28.6 Å². The van der Waals surface area contributed by atoms with Gasteiger partial charge in [-0.1, -0.05) is 51.1 Å². The van der Waals surface area contributed by atoms with Crippen LogP contribution in [0, 0.1) is 17.2 Å². The number of carbonyl (C=O) groups excluding carboxylic acids is 1. The first-order valence-electron chi connectivity index (χ1n) is 12.1. The highest BCUT2D eigenvalue weighted by Gasteiger charge is 2.13. The molecule has 1 heterocycles. The van der Waals surface area contributed by atoms with Gasteiger partial charge in [-0.3, -0.25) is 9.69 Å². The molecule has 0 atom stereocenters. The highest BCUT2D eigenvalue weighted by molar-refractivity contribution is 5.71. The Kier molecular flexibility index (Phi) is 9.11. The molecule has 6 heteroatoms. The number of methoxy groups -OCH3 is 1. The van der Waals surface area contributed by atoms with Crippen LogP contribution in [0.25, 0.3) is 22.5 Å². The number of nitrogens with zero attached hydrogens (tertiary/aromatic N) is 4. The summed E-state index contributed by atoms with van der Waals surface area (Å²) in [5.74, 6) is 0.867. The van der Waals surface area contributed by atoms with Crippen molar-refractivity contribution in [3.05, 3.63) is 71.0 Å². The summed E-state index contributed by atoms with van der Waals surface area (Å²) in [6, 6.07) is 14.5. The molecule has 0 aliphatic carbocycles. The molecular weight excluding hydrogens is 436 g/mol. The summed E-state index contributed by atoms with van der Waals surface area (Å²) in [5.41, 5.74) is 7.19. The molecule has 6 nitrogen and oxygen atoms in total. The third kappa shape index (κ3) is 6.74. The van der Waals surface area contributed by atoms with E-state index in [9.17, 15) is 10.1 Å². The van der Waals surface area contributed by atoms with E-state index in [2.05, 4.69) is 55.0 Å². The predicted molar refractivity (Wildman–Crippen MR) is 139 cm³/mol. The maximum atomic E-state index is 11.5. The third-order valence-electron chi connectivity index (χ3n) is 6.10. The van der Waals surface area contributed by atoms with E-state index in [-0.39, 0.29) is 12.5 Å². The van der Waals surface area contributed by atoms with Crippen LogP contribution in [0.3, 0.4) is 0 Å². The molecule has 0 N–H and O–H groups in total. The van der Waals surface area contributed by atoms with E-state index in [4.69, 9.17) is 4.74 Å². The van der Waals surface area contributed by atoms with Gasteiger partial charge in [0.2, 0.25) is 0 Å². The molecule has 0 bridgehead atoms. The zero-order chi connectivity index (χ0) is 25.4. The fourth-order valence-corrected chi connectivity index (χ4v) is 4.29. The van der Waals surface area contributed by atoms with Gasteiger partial charge >= 0.3 is 5.97 Å². The number of hydrogen-bond acceptors (Lipinski definition) is 6. The predicted octanol–water partition coefficient (Wildman–Crippen LogP) is 5.09. The molecule has 182 valence electrons. The van der Waals surface area contributed by atoms with Crippen LogP contribution in [0.5, 0.6) is 0 Å². The summed E-state index contributed by atoms with van der Waals surface area (Å²) in [4.78, 5) is 22.8.